The topological polar surface area (TPSA) is 86.6 Å². The van der Waals surface area contributed by atoms with Gasteiger partial charge in [-0.25, -0.2) is 0 Å². The molecule has 1 aliphatic heterocycles. The maximum absolute atomic E-state index is 13.2. The van der Waals surface area contributed by atoms with Crippen molar-refractivity contribution in [3.63, 3.8) is 0 Å². The summed E-state index contributed by atoms with van der Waals surface area (Å²) >= 11 is 0. The molecule has 1 saturated heterocycles. The number of piperidine rings is 1. The molecular weight excluding hydrogens is 396 g/mol. The summed E-state index contributed by atoms with van der Waals surface area (Å²) in [4.78, 5) is 13.2. The van der Waals surface area contributed by atoms with Crippen LogP contribution in [0, 0.1) is 0 Å². The number of carbonyl (C=O) groups excluding carboxylic acids is 1. The van der Waals surface area contributed by atoms with Crippen LogP contribution in [0.25, 0.3) is 0 Å². The monoisotopic (exact) mass is 424 g/mol. The Morgan fingerprint density at radius 3 is 2.41 bits per heavy atom. The van der Waals surface area contributed by atoms with Gasteiger partial charge >= 0.3 is 0 Å². The van der Waals surface area contributed by atoms with Gasteiger partial charge in [0.05, 0.1) is 20.8 Å². The highest BCUT2D eigenvalue weighted by Crippen LogP contribution is 2.38. The number of aromatic nitrogens is 2. The fraction of sp³-hybridized carbons (Fsp3) is 0.500. The number of rotatable bonds is 8. The van der Waals surface area contributed by atoms with Gasteiger partial charge in [0.2, 0.25) is 11.7 Å². The van der Waals surface area contributed by atoms with E-state index >= 15 is 0 Å². The molecule has 29 heavy (non-hydrogen) atoms. The Hall–Kier alpha value is -2.45. The predicted octanol–water partition coefficient (Wildman–Crippen LogP) is 2.12. The first kappa shape index (κ1) is 22.8. The molecule has 0 radical (unpaired) electrons. The van der Waals surface area contributed by atoms with Crippen LogP contribution in [0.15, 0.2) is 30.6 Å². The average molecular weight is 425 g/mol. The third kappa shape index (κ3) is 4.76. The second kappa shape index (κ2) is 10.4. The van der Waals surface area contributed by atoms with E-state index in [4.69, 9.17) is 14.2 Å². The standard InChI is InChI=1S/C20H28N4O4.ClH/c1-4-28-18-16(26-2)12-15(13-17(18)27-3)14-22-19(25)20(6-9-21-10-7-20)24-11-5-8-23-24;/h5,8,11-13,21H,4,6-7,9-10,14H2,1-3H3,(H,22,25);1H. The van der Waals surface area contributed by atoms with Crippen LogP contribution in [0.4, 0.5) is 0 Å². The minimum atomic E-state index is -0.672. The predicted molar refractivity (Wildman–Crippen MR) is 112 cm³/mol. The number of ether oxygens (including phenoxy) is 3. The van der Waals surface area contributed by atoms with Crippen LogP contribution in [-0.4, -0.2) is 49.6 Å². The third-order valence-corrected chi connectivity index (χ3v) is 5.06. The normalized spacial score (nSPS) is 15.1. The van der Waals surface area contributed by atoms with Crippen molar-refractivity contribution in [2.75, 3.05) is 33.9 Å². The van der Waals surface area contributed by atoms with Gasteiger partial charge < -0.3 is 24.8 Å². The van der Waals surface area contributed by atoms with E-state index in [1.807, 2.05) is 31.3 Å². The Labute approximate surface area is 177 Å². The number of halogens is 1. The minimum Gasteiger partial charge on any atom is -0.493 e. The first-order valence-electron chi connectivity index (χ1n) is 9.51. The zero-order valence-corrected chi connectivity index (χ0v) is 17.9. The molecule has 1 aliphatic rings. The van der Waals surface area contributed by atoms with E-state index < -0.39 is 5.54 Å². The molecule has 9 heteroatoms. The fourth-order valence-corrected chi connectivity index (χ4v) is 3.59. The van der Waals surface area contributed by atoms with E-state index in [0.717, 1.165) is 18.7 Å². The van der Waals surface area contributed by atoms with Gasteiger partial charge in [-0.15, -0.1) is 12.4 Å². The quantitative estimate of drug-likeness (QED) is 0.675. The smallest absolute Gasteiger partial charge is 0.248 e. The minimum absolute atomic E-state index is 0. The molecule has 1 aromatic carbocycles. The van der Waals surface area contributed by atoms with Crippen molar-refractivity contribution in [2.45, 2.75) is 31.8 Å². The third-order valence-electron chi connectivity index (χ3n) is 5.06. The van der Waals surface area contributed by atoms with E-state index in [-0.39, 0.29) is 18.3 Å². The number of nitrogens with zero attached hydrogens (tertiary/aromatic N) is 2. The van der Waals surface area contributed by atoms with Crippen LogP contribution in [-0.2, 0) is 16.9 Å². The van der Waals surface area contributed by atoms with Crippen LogP contribution < -0.4 is 24.8 Å². The zero-order valence-electron chi connectivity index (χ0n) is 17.1. The van der Waals surface area contributed by atoms with E-state index in [1.54, 1.807) is 25.1 Å². The van der Waals surface area contributed by atoms with Gasteiger partial charge in [0.25, 0.3) is 0 Å². The summed E-state index contributed by atoms with van der Waals surface area (Å²) in [5, 5.41) is 10.7. The molecule has 0 atom stereocenters. The van der Waals surface area contributed by atoms with Crippen molar-refractivity contribution in [1.29, 1.82) is 0 Å². The highest BCUT2D eigenvalue weighted by molar-refractivity contribution is 5.85. The number of hydrogen-bond donors (Lipinski definition) is 2. The molecule has 2 heterocycles. The summed E-state index contributed by atoms with van der Waals surface area (Å²) in [5.41, 5.74) is 0.198. The number of methoxy groups -OCH3 is 2. The average Bonchev–Trinajstić information content (AvgIpc) is 3.28. The van der Waals surface area contributed by atoms with Crippen LogP contribution in [0.2, 0.25) is 0 Å². The summed E-state index contributed by atoms with van der Waals surface area (Å²) < 4.78 is 18.3. The summed E-state index contributed by atoms with van der Waals surface area (Å²) in [6.45, 7) is 4.31. The Morgan fingerprint density at radius 1 is 1.24 bits per heavy atom. The Morgan fingerprint density at radius 2 is 1.90 bits per heavy atom. The molecule has 0 unspecified atom stereocenters. The van der Waals surface area contributed by atoms with Gasteiger partial charge in [-0.05, 0) is 56.6 Å². The number of nitrogens with one attached hydrogen (secondary N) is 2. The molecule has 160 valence electrons. The van der Waals surface area contributed by atoms with Crippen LogP contribution in [0.1, 0.15) is 25.3 Å². The van der Waals surface area contributed by atoms with E-state index in [0.29, 0.717) is 43.2 Å². The lowest BCUT2D eigenvalue weighted by atomic mass is 9.87. The highest BCUT2D eigenvalue weighted by atomic mass is 35.5. The molecular formula is C20H29ClN4O4. The molecule has 1 amide bonds. The van der Waals surface area contributed by atoms with Crippen molar-refractivity contribution in [3.05, 3.63) is 36.2 Å². The number of amides is 1. The maximum Gasteiger partial charge on any atom is 0.248 e. The SMILES string of the molecule is CCOc1c(OC)cc(CNC(=O)C2(n3cccn3)CCNCC2)cc1OC.Cl. The summed E-state index contributed by atoms with van der Waals surface area (Å²) in [7, 11) is 3.17. The molecule has 0 bridgehead atoms. The summed E-state index contributed by atoms with van der Waals surface area (Å²) in [6.07, 6.45) is 4.94. The van der Waals surface area contributed by atoms with Gasteiger partial charge in [-0.1, -0.05) is 0 Å². The Bertz CT molecular complexity index is 767. The summed E-state index contributed by atoms with van der Waals surface area (Å²) in [5.74, 6) is 1.68. The van der Waals surface area contributed by atoms with Crippen LogP contribution in [0.5, 0.6) is 17.2 Å². The lowest BCUT2D eigenvalue weighted by molar-refractivity contribution is -0.132. The molecule has 3 rings (SSSR count). The Balaban J connectivity index is 0.00000300. The van der Waals surface area contributed by atoms with Gasteiger partial charge in [0, 0.05) is 18.9 Å². The van der Waals surface area contributed by atoms with Crippen LogP contribution >= 0.6 is 12.4 Å². The Kier molecular flexibility index (Phi) is 8.16. The van der Waals surface area contributed by atoms with Crippen molar-refractivity contribution in [1.82, 2.24) is 20.4 Å². The molecule has 0 spiro atoms. The van der Waals surface area contributed by atoms with Gasteiger partial charge in [0.1, 0.15) is 5.54 Å². The molecule has 1 aromatic heterocycles. The number of benzene rings is 1. The van der Waals surface area contributed by atoms with Crippen molar-refractivity contribution in [2.24, 2.45) is 0 Å². The lowest BCUT2D eigenvalue weighted by Crippen LogP contribution is -2.54. The largest absolute Gasteiger partial charge is 0.493 e. The molecule has 8 nitrogen and oxygen atoms in total. The van der Waals surface area contributed by atoms with E-state index in [2.05, 4.69) is 15.7 Å². The first-order chi connectivity index (χ1) is 13.6. The van der Waals surface area contributed by atoms with E-state index in [9.17, 15) is 4.79 Å². The lowest BCUT2D eigenvalue weighted by Gasteiger charge is -2.36. The first-order valence-corrected chi connectivity index (χ1v) is 9.51. The van der Waals surface area contributed by atoms with Gasteiger partial charge in [-0.3, -0.25) is 9.48 Å². The fourth-order valence-electron chi connectivity index (χ4n) is 3.59. The van der Waals surface area contributed by atoms with E-state index in [1.165, 1.54) is 0 Å². The zero-order chi connectivity index (χ0) is 20.0. The molecule has 2 N–H and O–H groups in total. The van der Waals surface area contributed by atoms with Crippen molar-refractivity contribution in [3.8, 4) is 17.2 Å². The van der Waals surface area contributed by atoms with Crippen LogP contribution in [0.3, 0.4) is 0 Å². The maximum atomic E-state index is 13.2. The molecule has 0 aliphatic carbocycles. The second-order valence-corrected chi connectivity index (χ2v) is 6.68. The molecule has 0 saturated carbocycles. The summed E-state index contributed by atoms with van der Waals surface area (Å²) in [6, 6.07) is 5.56. The van der Waals surface area contributed by atoms with Crippen molar-refractivity contribution < 1.29 is 19.0 Å². The van der Waals surface area contributed by atoms with Crippen molar-refractivity contribution >= 4 is 18.3 Å². The van der Waals surface area contributed by atoms with Gasteiger partial charge in [0.15, 0.2) is 11.5 Å². The number of hydrogen-bond acceptors (Lipinski definition) is 6. The number of carbonyl (C=O) groups is 1. The van der Waals surface area contributed by atoms with Gasteiger partial charge in [-0.2, -0.15) is 5.10 Å². The molecule has 2 aromatic rings. The second-order valence-electron chi connectivity index (χ2n) is 6.68. The molecule has 1 fully saturated rings. The highest BCUT2D eigenvalue weighted by Gasteiger charge is 2.41.